The van der Waals surface area contributed by atoms with Crippen molar-refractivity contribution in [2.75, 3.05) is 0 Å². The van der Waals surface area contributed by atoms with Gasteiger partial charge in [0.2, 0.25) is 5.78 Å². The van der Waals surface area contributed by atoms with Crippen LogP contribution in [-0.2, 0) is 0 Å². The van der Waals surface area contributed by atoms with E-state index in [0.717, 1.165) is 11.3 Å². The van der Waals surface area contributed by atoms with Crippen LogP contribution in [0.15, 0.2) is 34.8 Å². The van der Waals surface area contributed by atoms with Gasteiger partial charge in [-0.05, 0) is 41.1 Å². The Kier molecular flexibility index (Phi) is 4.97. The van der Waals surface area contributed by atoms with Crippen molar-refractivity contribution in [3.8, 4) is 5.75 Å². The van der Waals surface area contributed by atoms with Crippen LogP contribution in [0.3, 0.4) is 0 Å². The van der Waals surface area contributed by atoms with Crippen molar-refractivity contribution in [1.29, 1.82) is 0 Å². The number of nitro benzene ring substituents is 1. The number of hydrogen-bond acceptors (Lipinski definition) is 5. The summed E-state index contributed by atoms with van der Waals surface area (Å²) < 4.78 is 6.58. The predicted octanol–water partition coefficient (Wildman–Crippen LogP) is 4.72. The molecule has 0 fully saturated rings. The van der Waals surface area contributed by atoms with Crippen LogP contribution in [0, 0.1) is 10.1 Å². The molecule has 0 N–H and O–H groups in total. The predicted molar refractivity (Wildman–Crippen MR) is 84.5 cm³/mol. The lowest BCUT2D eigenvalue weighted by molar-refractivity contribution is -0.385. The van der Waals surface area contributed by atoms with Crippen LogP contribution in [-0.4, -0.2) is 16.8 Å². The zero-order valence-electron chi connectivity index (χ0n) is 10.7. The number of nitrogens with zero attached hydrogens (tertiary/aromatic N) is 1. The maximum atomic E-state index is 12.2. The Hall–Kier alpha value is -1.44. The number of ketones is 1. The van der Waals surface area contributed by atoms with Gasteiger partial charge in [0.25, 0.3) is 5.69 Å². The van der Waals surface area contributed by atoms with E-state index >= 15 is 0 Å². The summed E-state index contributed by atoms with van der Waals surface area (Å²) in [6.45, 7) is 1.58. The first-order valence-electron chi connectivity index (χ1n) is 5.78. The smallest absolute Gasteiger partial charge is 0.273 e. The van der Waals surface area contributed by atoms with Crippen molar-refractivity contribution in [2.24, 2.45) is 0 Å². The first-order chi connectivity index (χ1) is 9.88. The number of ether oxygens (including phenoxy) is 1. The molecule has 0 amide bonds. The van der Waals surface area contributed by atoms with E-state index in [9.17, 15) is 14.9 Å². The second kappa shape index (κ2) is 6.55. The van der Waals surface area contributed by atoms with Crippen LogP contribution >= 0.6 is 38.9 Å². The topological polar surface area (TPSA) is 69.4 Å². The summed E-state index contributed by atoms with van der Waals surface area (Å²) >= 11 is 10.2. The lowest BCUT2D eigenvalue weighted by Gasteiger charge is -2.13. The van der Waals surface area contributed by atoms with Gasteiger partial charge in [-0.1, -0.05) is 11.6 Å². The standard InChI is InChI=1S/C13H9BrClNO4S/c1-7(13(17)11-4-5-12(15)21-11)20-10-6-8(16(18)19)2-3-9(10)14/h2-7H,1H3. The van der Waals surface area contributed by atoms with Crippen LogP contribution in [0.1, 0.15) is 16.6 Å². The Morgan fingerprint density at radius 3 is 2.71 bits per heavy atom. The average molecular weight is 391 g/mol. The largest absolute Gasteiger partial charge is 0.481 e. The van der Waals surface area contributed by atoms with Gasteiger partial charge >= 0.3 is 0 Å². The van der Waals surface area contributed by atoms with E-state index in [1.165, 1.54) is 18.2 Å². The molecular formula is C13H9BrClNO4S. The van der Waals surface area contributed by atoms with Crippen LogP contribution in [0.5, 0.6) is 5.75 Å². The molecule has 1 aromatic heterocycles. The molecule has 0 bridgehead atoms. The fourth-order valence-corrected chi connectivity index (χ4v) is 2.99. The fourth-order valence-electron chi connectivity index (χ4n) is 1.59. The lowest BCUT2D eigenvalue weighted by atomic mass is 10.2. The monoisotopic (exact) mass is 389 g/mol. The first-order valence-corrected chi connectivity index (χ1v) is 7.77. The van der Waals surface area contributed by atoms with E-state index in [-0.39, 0.29) is 17.2 Å². The molecule has 0 radical (unpaired) electrons. The molecule has 0 spiro atoms. The molecule has 21 heavy (non-hydrogen) atoms. The van der Waals surface area contributed by atoms with Gasteiger partial charge in [-0.25, -0.2) is 0 Å². The molecule has 2 aromatic rings. The molecule has 0 aliphatic heterocycles. The Balaban J connectivity index is 2.19. The SMILES string of the molecule is CC(Oc1cc([N+](=O)[O-])ccc1Br)C(=O)c1ccc(Cl)s1. The third-order valence-electron chi connectivity index (χ3n) is 2.61. The van der Waals surface area contributed by atoms with E-state index in [2.05, 4.69) is 15.9 Å². The highest BCUT2D eigenvalue weighted by molar-refractivity contribution is 9.10. The van der Waals surface area contributed by atoms with Gasteiger partial charge < -0.3 is 4.74 Å². The molecule has 1 aromatic carbocycles. The molecule has 5 nitrogen and oxygen atoms in total. The molecule has 1 heterocycles. The quantitative estimate of drug-likeness (QED) is 0.421. The number of halogens is 2. The van der Waals surface area contributed by atoms with E-state index in [4.69, 9.17) is 16.3 Å². The molecule has 110 valence electrons. The first kappa shape index (κ1) is 15.9. The number of thiophene rings is 1. The summed E-state index contributed by atoms with van der Waals surface area (Å²) in [5.74, 6) is 0.0120. The zero-order valence-corrected chi connectivity index (χ0v) is 13.9. The number of carbonyl (C=O) groups is 1. The van der Waals surface area contributed by atoms with Gasteiger partial charge in [0.05, 0.1) is 24.7 Å². The molecule has 0 aliphatic carbocycles. The normalized spacial score (nSPS) is 12.0. The van der Waals surface area contributed by atoms with Crippen molar-refractivity contribution in [2.45, 2.75) is 13.0 Å². The number of benzene rings is 1. The minimum absolute atomic E-state index is 0.105. The number of rotatable bonds is 5. The lowest BCUT2D eigenvalue weighted by Crippen LogP contribution is -2.23. The van der Waals surface area contributed by atoms with E-state index in [0.29, 0.717) is 13.7 Å². The second-order valence-corrected chi connectivity index (χ2v) is 6.67. The van der Waals surface area contributed by atoms with E-state index < -0.39 is 11.0 Å². The zero-order chi connectivity index (χ0) is 15.6. The minimum Gasteiger partial charge on any atom is -0.481 e. The summed E-state index contributed by atoms with van der Waals surface area (Å²) in [7, 11) is 0. The highest BCUT2D eigenvalue weighted by Crippen LogP contribution is 2.31. The summed E-state index contributed by atoms with van der Waals surface area (Å²) in [6.07, 6.45) is -0.780. The Morgan fingerprint density at radius 2 is 2.14 bits per heavy atom. The highest BCUT2D eigenvalue weighted by atomic mass is 79.9. The molecule has 8 heteroatoms. The fraction of sp³-hybridized carbons (Fsp3) is 0.154. The Morgan fingerprint density at radius 1 is 1.43 bits per heavy atom. The number of hydrogen-bond donors (Lipinski definition) is 0. The number of non-ortho nitro benzene ring substituents is 1. The molecule has 0 aliphatic rings. The van der Waals surface area contributed by atoms with Crippen LogP contribution in [0.2, 0.25) is 4.34 Å². The highest BCUT2D eigenvalue weighted by Gasteiger charge is 2.21. The maximum absolute atomic E-state index is 12.2. The van der Waals surface area contributed by atoms with Gasteiger partial charge in [-0.3, -0.25) is 14.9 Å². The van der Waals surface area contributed by atoms with Gasteiger partial charge in [-0.2, -0.15) is 0 Å². The van der Waals surface area contributed by atoms with E-state index in [1.54, 1.807) is 19.1 Å². The molecule has 0 saturated heterocycles. The van der Waals surface area contributed by atoms with Gasteiger partial charge in [0.15, 0.2) is 6.10 Å². The minimum atomic E-state index is -0.780. The van der Waals surface area contributed by atoms with Crippen molar-refractivity contribution in [3.05, 3.63) is 54.1 Å². The van der Waals surface area contributed by atoms with Crippen LogP contribution in [0.4, 0.5) is 5.69 Å². The van der Waals surface area contributed by atoms with Crippen molar-refractivity contribution in [1.82, 2.24) is 0 Å². The second-order valence-electron chi connectivity index (χ2n) is 4.10. The van der Waals surface area contributed by atoms with Gasteiger partial charge in [0.1, 0.15) is 5.75 Å². The number of Topliss-reactive ketones (excluding diaryl/α,β-unsaturated/α-hetero) is 1. The van der Waals surface area contributed by atoms with Gasteiger partial charge in [0, 0.05) is 6.07 Å². The molecule has 2 rings (SSSR count). The Bertz CT molecular complexity index is 703. The van der Waals surface area contributed by atoms with Gasteiger partial charge in [-0.15, -0.1) is 11.3 Å². The van der Waals surface area contributed by atoms with Crippen LogP contribution in [0.25, 0.3) is 0 Å². The number of nitro groups is 1. The van der Waals surface area contributed by atoms with E-state index in [1.807, 2.05) is 0 Å². The summed E-state index contributed by atoms with van der Waals surface area (Å²) in [5, 5.41) is 10.8. The third-order valence-corrected chi connectivity index (χ3v) is 4.52. The summed E-state index contributed by atoms with van der Waals surface area (Å²) in [5.41, 5.74) is -0.105. The number of carbonyl (C=O) groups excluding carboxylic acids is 1. The molecular weight excluding hydrogens is 382 g/mol. The van der Waals surface area contributed by atoms with Crippen molar-refractivity contribution < 1.29 is 14.5 Å². The van der Waals surface area contributed by atoms with Crippen LogP contribution < -0.4 is 4.74 Å². The summed E-state index contributed by atoms with van der Waals surface area (Å²) in [6, 6.07) is 7.39. The summed E-state index contributed by atoms with van der Waals surface area (Å²) in [4.78, 5) is 22.9. The van der Waals surface area contributed by atoms with Crippen molar-refractivity contribution in [3.63, 3.8) is 0 Å². The molecule has 0 saturated carbocycles. The third kappa shape index (κ3) is 3.81. The Labute approximate surface area is 137 Å². The average Bonchev–Trinajstić information content (AvgIpc) is 2.86. The molecule has 1 atom stereocenters. The molecule has 1 unspecified atom stereocenters. The maximum Gasteiger partial charge on any atom is 0.273 e. The van der Waals surface area contributed by atoms with Crippen molar-refractivity contribution >= 4 is 50.3 Å².